The molecule has 1 fully saturated rings. The molecule has 2 rings (SSSR count). The van der Waals surface area contributed by atoms with Gasteiger partial charge in [-0.15, -0.1) is 0 Å². The van der Waals surface area contributed by atoms with Crippen LogP contribution in [0.15, 0.2) is 47.4 Å². The summed E-state index contributed by atoms with van der Waals surface area (Å²) in [5.41, 5.74) is 0.985. The second kappa shape index (κ2) is 6.90. The number of carboxylic acid groups (broad SMARTS) is 1. The van der Waals surface area contributed by atoms with E-state index in [1.807, 2.05) is 36.4 Å². The third kappa shape index (κ3) is 4.06. The first kappa shape index (κ1) is 15.1. The van der Waals surface area contributed by atoms with Gasteiger partial charge in [0.2, 0.25) is 0 Å². The number of amides is 2. The van der Waals surface area contributed by atoms with Crippen molar-refractivity contribution in [3.05, 3.63) is 53.0 Å². The SMILES string of the molecule is O=C(O)CCN1C(=O)S/C(=C/C=Cc2ccccc2)C1=O. The monoisotopic (exact) mass is 303 g/mol. The van der Waals surface area contributed by atoms with E-state index in [-0.39, 0.29) is 13.0 Å². The Bertz CT molecular complexity index is 622. The van der Waals surface area contributed by atoms with Crippen LogP contribution in [-0.4, -0.2) is 33.7 Å². The third-order valence-electron chi connectivity index (χ3n) is 2.76. The molecular formula is C15H13NO4S. The van der Waals surface area contributed by atoms with Gasteiger partial charge in [-0.2, -0.15) is 0 Å². The lowest BCUT2D eigenvalue weighted by atomic mass is 10.2. The van der Waals surface area contributed by atoms with E-state index in [9.17, 15) is 14.4 Å². The van der Waals surface area contributed by atoms with Gasteiger partial charge in [-0.05, 0) is 23.4 Å². The fraction of sp³-hybridized carbons (Fsp3) is 0.133. The minimum Gasteiger partial charge on any atom is -0.481 e. The van der Waals surface area contributed by atoms with Crippen LogP contribution < -0.4 is 0 Å². The van der Waals surface area contributed by atoms with Gasteiger partial charge in [-0.3, -0.25) is 19.3 Å². The standard InChI is InChI=1S/C15H13NO4S/c17-13(18)9-10-16-14(19)12(21-15(16)20)8-4-7-11-5-2-1-3-6-11/h1-8H,9-10H2,(H,17,18)/b7-4?,12-8+. The molecule has 21 heavy (non-hydrogen) atoms. The molecule has 0 unspecified atom stereocenters. The highest BCUT2D eigenvalue weighted by Gasteiger charge is 2.34. The highest BCUT2D eigenvalue weighted by atomic mass is 32.2. The Morgan fingerprint density at radius 1 is 1.24 bits per heavy atom. The molecule has 5 nitrogen and oxygen atoms in total. The number of hydrogen-bond donors (Lipinski definition) is 1. The van der Waals surface area contributed by atoms with Crippen LogP contribution in [0.5, 0.6) is 0 Å². The summed E-state index contributed by atoms with van der Waals surface area (Å²) >= 11 is 0.823. The number of thioether (sulfide) groups is 1. The lowest BCUT2D eigenvalue weighted by molar-refractivity contribution is -0.137. The summed E-state index contributed by atoms with van der Waals surface area (Å²) in [4.78, 5) is 35.4. The molecule has 108 valence electrons. The van der Waals surface area contributed by atoms with Crippen molar-refractivity contribution in [2.75, 3.05) is 6.54 Å². The Morgan fingerprint density at radius 3 is 2.62 bits per heavy atom. The molecule has 0 bridgehead atoms. The molecule has 0 aliphatic carbocycles. The fourth-order valence-electron chi connectivity index (χ4n) is 1.73. The largest absolute Gasteiger partial charge is 0.481 e. The number of nitrogens with zero attached hydrogens (tertiary/aromatic N) is 1. The van der Waals surface area contributed by atoms with Crippen molar-refractivity contribution in [2.45, 2.75) is 6.42 Å². The first-order chi connectivity index (χ1) is 10.1. The second-order valence-electron chi connectivity index (χ2n) is 4.27. The highest BCUT2D eigenvalue weighted by molar-refractivity contribution is 8.18. The zero-order valence-electron chi connectivity index (χ0n) is 11.1. The second-order valence-corrected chi connectivity index (χ2v) is 5.26. The first-order valence-electron chi connectivity index (χ1n) is 6.27. The van der Waals surface area contributed by atoms with Crippen LogP contribution in [-0.2, 0) is 9.59 Å². The van der Waals surface area contributed by atoms with Gasteiger partial charge in [0.15, 0.2) is 0 Å². The Kier molecular flexibility index (Phi) is 4.94. The van der Waals surface area contributed by atoms with Gasteiger partial charge in [0, 0.05) is 6.54 Å². The maximum absolute atomic E-state index is 12.0. The molecule has 0 radical (unpaired) electrons. The average molecular weight is 303 g/mol. The number of carboxylic acids is 1. The molecule has 0 aromatic heterocycles. The van der Waals surface area contributed by atoms with Gasteiger partial charge < -0.3 is 5.11 Å². The smallest absolute Gasteiger partial charge is 0.305 e. The van der Waals surface area contributed by atoms with Gasteiger partial charge in [0.25, 0.3) is 11.1 Å². The van der Waals surface area contributed by atoms with Crippen molar-refractivity contribution in [3.63, 3.8) is 0 Å². The minimum atomic E-state index is -1.04. The van der Waals surface area contributed by atoms with Gasteiger partial charge in [0.05, 0.1) is 11.3 Å². The van der Waals surface area contributed by atoms with E-state index in [0.29, 0.717) is 4.91 Å². The molecule has 1 aromatic carbocycles. The molecule has 1 aliphatic heterocycles. The Morgan fingerprint density at radius 2 is 1.95 bits per heavy atom. The van der Waals surface area contributed by atoms with Crippen LogP contribution >= 0.6 is 11.8 Å². The van der Waals surface area contributed by atoms with Crippen molar-refractivity contribution in [3.8, 4) is 0 Å². The third-order valence-corrected chi connectivity index (χ3v) is 3.68. The van der Waals surface area contributed by atoms with Gasteiger partial charge in [-0.25, -0.2) is 0 Å². The predicted molar refractivity (Wildman–Crippen MR) is 80.5 cm³/mol. The summed E-state index contributed by atoms with van der Waals surface area (Å²) in [6, 6.07) is 9.55. The summed E-state index contributed by atoms with van der Waals surface area (Å²) in [5, 5.41) is 8.17. The van der Waals surface area contributed by atoms with E-state index < -0.39 is 17.1 Å². The minimum absolute atomic E-state index is 0.0975. The Labute approximate surface area is 125 Å². The predicted octanol–water partition coefficient (Wildman–Crippen LogP) is 2.75. The molecular weight excluding hydrogens is 290 g/mol. The zero-order chi connectivity index (χ0) is 15.2. The van der Waals surface area contributed by atoms with Crippen LogP contribution in [0.25, 0.3) is 6.08 Å². The molecule has 0 saturated carbocycles. The van der Waals surface area contributed by atoms with Crippen molar-refractivity contribution >= 4 is 35.0 Å². The topological polar surface area (TPSA) is 74.7 Å². The molecule has 0 spiro atoms. The number of imide groups is 1. The number of aliphatic carboxylic acids is 1. The van der Waals surface area contributed by atoms with Crippen molar-refractivity contribution in [2.24, 2.45) is 0 Å². The highest BCUT2D eigenvalue weighted by Crippen LogP contribution is 2.30. The van der Waals surface area contributed by atoms with Crippen LogP contribution in [0.3, 0.4) is 0 Å². The Balaban J connectivity index is 2.03. The number of carbonyl (C=O) groups is 3. The van der Waals surface area contributed by atoms with E-state index >= 15 is 0 Å². The molecule has 2 amide bonds. The van der Waals surface area contributed by atoms with Gasteiger partial charge in [-0.1, -0.05) is 42.5 Å². The van der Waals surface area contributed by atoms with E-state index in [1.54, 1.807) is 12.2 Å². The lowest BCUT2D eigenvalue weighted by Gasteiger charge is -2.09. The summed E-state index contributed by atoms with van der Waals surface area (Å²) in [5.74, 6) is -1.48. The van der Waals surface area contributed by atoms with E-state index in [0.717, 1.165) is 22.2 Å². The zero-order valence-corrected chi connectivity index (χ0v) is 11.9. The summed E-state index contributed by atoms with van der Waals surface area (Å²) < 4.78 is 0. The van der Waals surface area contributed by atoms with Crippen molar-refractivity contribution < 1.29 is 19.5 Å². The summed E-state index contributed by atoms with van der Waals surface area (Å²) in [7, 11) is 0. The summed E-state index contributed by atoms with van der Waals surface area (Å²) in [6.45, 7) is -0.0975. The molecule has 1 aliphatic rings. The Hall–Kier alpha value is -2.34. The number of benzene rings is 1. The number of hydrogen-bond acceptors (Lipinski definition) is 4. The molecule has 6 heteroatoms. The van der Waals surface area contributed by atoms with E-state index in [2.05, 4.69) is 0 Å². The molecule has 1 saturated heterocycles. The van der Waals surface area contributed by atoms with Crippen LogP contribution in [0.1, 0.15) is 12.0 Å². The van der Waals surface area contributed by atoms with Crippen LogP contribution in [0, 0.1) is 0 Å². The van der Waals surface area contributed by atoms with E-state index in [4.69, 9.17) is 5.11 Å². The van der Waals surface area contributed by atoms with Crippen LogP contribution in [0.4, 0.5) is 4.79 Å². The average Bonchev–Trinajstić information content (AvgIpc) is 2.72. The summed E-state index contributed by atoms with van der Waals surface area (Å²) in [6.07, 6.45) is 4.85. The maximum Gasteiger partial charge on any atom is 0.305 e. The number of carbonyl (C=O) groups excluding carboxylic acids is 2. The van der Waals surface area contributed by atoms with Crippen LogP contribution in [0.2, 0.25) is 0 Å². The van der Waals surface area contributed by atoms with Crippen molar-refractivity contribution in [1.29, 1.82) is 0 Å². The molecule has 1 aromatic rings. The number of allylic oxidation sites excluding steroid dienone is 2. The molecule has 1 N–H and O–H groups in total. The maximum atomic E-state index is 12.0. The lowest BCUT2D eigenvalue weighted by Crippen LogP contribution is -2.30. The number of rotatable bonds is 5. The molecule has 1 heterocycles. The first-order valence-corrected chi connectivity index (χ1v) is 7.08. The fourth-order valence-corrected chi connectivity index (χ4v) is 2.54. The van der Waals surface area contributed by atoms with Crippen molar-refractivity contribution in [1.82, 2.24) is 4.90 Å². The quantitative estimate of drug-likeness (QED) is 0.847. The van der Waals surface area contributed by atoms with Gasteiger partial charge in [0.1, 0.15) is 0 Å². The molecule has 0 atom stereocenters. The van der Waals surface area contributed by atoms with E-state index in [1.165, 1.54) is 0 Å². The van der Waals surface area contributed by atoms with Gasteiger partial charge >= 0.3 is 5.97 Å². The normalized spacial score (nSPS) is 17.1.